The van der Waals surface area contributed by atoms with E-state index in [9.17, 15) is 4.21 Å². The maximum absolute atomic E-state index is 10.8. The second-order valence-corrected chi connectivity index (χ2v) is 5.76. The Morgan fingerprint density at radius 1 is 1.53 bits per heavy atom. The van der Waals surface area contributed by atoms with Gasteiger partial charge in [0.2, 0.25) is 0 Å². The Morgan fingerprint density at radius 3 is 2.93 bits per heavy atom. The van der Waals surface area contributed by atoms with E-state index in [-0.39, 0.29) is 0 Å². The first-order valence-corrected chi connectivity index (χ1v) is 7.20. The van der Waals surface area contributed by atoms with Gasteiger partial charge in [-0.25, -0.2) is 0 Å². The monoisotopic (exact) mass is 290 g/mol. The third-order valence-electron chi connectivity index (χ3n) is 1.94. The molecule has 5 heteroatoms. The summed E-state index contributed by atoms with van der Waals surface area (Å²) >= 11 is 3.38. The van der Waals surface area contributed by atoms with Crippen LogP contribution in [0.4, 0.5) is 11.4 Å². The number of nitrogens with one attached hydrogen (secondary N) is 1. The molecule has 3 nitrogen and oxygen atoms in total. The lowest BCUT2D eigenvalue weighted by atomic mass is 10.2. The average Bonchev–Trinajstić information content (AvgIpc) is 2.17. The van der Waals surface area contributed by atoms with Crippen LogP contribution in [0.2, 0.25) is 0 Å². The highest BCUT2D eigenvalue weighted by Gasteiger charge is 1.99. The molecule has 0 spiro atoms. The lowest BCUT2D eigenvalue weighted by Gasteiger charge is -2.09. The van der Waals surface area contributed by atoms with E-state index in [4.69, 9.17) is 5.73 Å². The predicted molar refractivity (Wildman–Crippen MR) is 70.6 cm³/mol. The van der Waals surface area contributed by atoms with Crippen molar-refractivity contribution in [2.45, 2.75) is 6.42 Å². The number of nitrogens with two attached hydrogens (primary N) is 1. The summed E-state index contributed by atoms with van der Waals surface area (Å²) in [5.74, 6) is 0.723. The van der Waals surface area contributed by atoms with Crippen molar-refractivity contribution in [2.24, 2.45) is 0 Å². The molecule has 1 aromatic carbocycles. The summed E-state index contributed by atoms with van der Waals surface area (Å²) in [6.07, 6.45) is 2.60. The van der Waals surface area contributed by atoms with Crippen molar-refractivity contribution in [3.8, 4) is 0 Å². The third-order valence-corrected chi connectivity index (χ3v) is 3.30. The lowest BCUT2D eigenvalue weighted by Crippen LogP contribution is -2.07. The maximum Gasteiger partial charge on any atom is 0.0585 e. The van der Waals surface area contributed by atoms with E-state index in [2.05, 4.69) is 21.2 Å². The van der Waals surface area contributed by atoms with Gasteiger partial charge >= 0.3 is 0 Å². The van der Waals surface area contributed by atoms with Gasteiger partial charge in [0.15, 0.2) is 0 Å². The molecule has 0 aliphatic carbocycles. The van der Waals surface area contributed by atoms with Crippen LogP contribution in [-0.2, 0) is 10.8 Å². The molecule has 0 aromatic heterocycles. The first-order chi connectivity index (χ1) is 7.09. The van der Waals surface area contributed by atoms with E-state index in [1.165, 1.54) is 0 Å². The standard InChI is InChI=1S/C10H15BrN2OS/c1-15(14)6-2-5-13-10-7-8(11)3-4-9(10)12/h3-4,7,13H,2,5-6,12H2,1H3. The van der Waals surface area contributed by atoms with Gasteiger partial charge in [-0.3, -0.25) is 4.21 Å². The van der Waals surface area contributed by atoms with Gasteiger partial charge in [0, 0.05) is 33.8 Å². The van der Waals surface area contributed by atoms with Crippen LogP contribution in [0.5, 0.6) is 0 Å². The lowest BCUT2D eigenvalue weighted by molar-refractivity contribution is 0.685. The largest absolute Gasteiger partial charge is 0.397 e. The van der Waals surface area contributed by atoms with Gasteiger partial charge in [0.1, 0.15) is 0 Å². The fourth-order valence-electron chi connectivity index (χ4n) is 1.18. The molecule has 0 saturated heterocycles. The normalized spacial score (nSPS) is 12.4. The number of nitrogen functional groups attached to an aromatic ring is 1. The number of rotatable bonds is 5. The van der Waals surface area contributed by atoms with Crippen molar-refractivity contribution in [3.05, 3.63) is 22.7 Å². The third kappa shape index (κ3) is 4.66. The molecule has 15 heavy (non-hydrogen) atoms. The van der Waals surface area contributed by atoms with Crippen LogP contribution in [0.15, 0.2) is 22.7 Å². The van der Waals surface area contributed by atoms with Gasteiger partial charge in [0.05, 0.1) is 11.4 Å². The average molecular weight is 291 g/mol. The summed E-state index contributed by atoms with van der Waals surface area (Å²) < 4.78 is 11.8. The SMILES string of the molecule is CS(=O)CCCNc1cc(Br)ccc1N. The van der Waals surface area contributed by atoms with E-state index in [1.54, 1.807) is 6.26 Å². The Morgan fingerprint density at radius 2 is 2.27 bits per heavy atom. The molecule has 1 unspecified atom stereocenters. The van der Waals surface area contributed by atoms with Crippen molar-refractivity contribution in [3.63, 3.8) is 0 Å². The molecule has 0 aliphatic heterocycles. The quantitative estimate of drug-likeness (QED) is 0.646. The minimum Gasteiger partial charge on any atom is -0.397 e. The molecule has 1 rings (SSSR count). The molecule has 1 atom stereocenters. The fourth-order valence-corrected chi connectivity index (χ4v) is 2.09. The van der Waals surface area contributed by atoms with Crippen LogP contribution in [-0.4, -0.2) is 22.8 Å². The molecule has 0 amide bonds. The smallest absolute Gasteiger partial charge is 0.0585 e. The van der Waals surface area contributed by atoms with Crippen LogP contribution in [0.3, 0.4) is 0 Å². The molecule has 3 N–H and O–H groups in total. The molecular weight excluding hydrogens is 276 g/mol. The maximum atomic E-state index is 10.8. The van der Waals surface area contributed by atoms with Gasteiger partial charge in [-0.15, -0.1) is 0 Å². The fraction of sp³-hybridized carbons (Fsp3) is 0.400. The minimum absolute atomic E-state index is 0.714. The zero-order chi connectivity index (χ0) is 11.3. The van der Waals surface area contributed by atoms with Crippen LogP contribution in [0, 0.1) is 0 Å². The van der Waals surface area contributed by atoms with Gasteiger partial charge < -0.3 is 11.1 Å². The first kappa shape index (κ1) is 12.5. The Bertz CT molecular complexity index is 357. The summed E-state index contributed by atoms with van der Waals surface area (Å²) in [6.45, 7) is 0.792. The van der Waals surface area contributed by atoms with E-state index in [0.717, 1.165) is 34.6 Å². The molecule has 0 radical (unpaired) electrons. The second kappa shape index (κ2) is 6.12. The zero-order valence-electron chi connectivity index (χ0n) is 8.63. The van der Waals surface area contributed by atoms with Gasteiger partial charge in [-0.1, -0.05) is 15.9 Å². The second-order valence-electron chi connectivity index (χ2n) is 3.29. The van der Waals surface area contributed by atoms with Gasteiger partial charge in [-0.05, 0) is 24.6 Å². The van der Waals surface area contributed by atoms with Gasteiger partial charge in [-0.2, -0.15) is 0 Å². The Kier molecular flexibility index (Phi) is 5.11. The van der Waals surface area contributed by atoms with E-state index < -0.39 is 10.8 Å². The highest BCUT2D eigenvalue weighted by Crippen LogP contribution is 2.22. The highest BCUT2D eigenvalue weighted by atomic mass is 79.9. The molecule has 0 saturated carbocycles. The molecule has 1 aromatic rings. The van der Waals surface area contributed by atoms with E-state index in [0.29, 0.717) is 0 Å². The Labute approximate surface area is 101 Å². The number of benzene rings is 1. The Hall–Kier alpha value is -0.550. The summed E-state index contributed by atoms with van der Waals surface area (Å²) in [5, 5.41) is 3.22. The number of anilines is 2. The molecule has 0 fully saturated rings. The summed E-state index contributed by atoms with van der Waals surface area (Å²) in [4.78, 5) is 0. The summed E-state index contributed by atoms with van der Waals surface area (Å²) in [6, 6.07) is 5.70. The van der Waals surface area contributed by atoms with Crippen molar-refractivity contribution < 1.29 is 4.21 Å². The molecule has 0 heterocycles. The zero-order valence-corrected chi connectivity index (χ0v) is 11.0. The summed E-state index contributed by atoms with van der Waals surface area (Å²) in [5.41, 5.74) is 7.44. The topological polar surface area (TPSA) is 55.1 Å². The minimum atomic E-state index is -0.714. The Balaban J connectivity index is 2.43. The van der Waals surface area contributed by atoms with Crippen LogP contribution < -0.4 is 11.1 Å². The van der Waals surface area contributed by atoms with Gasteiger partial charge in [0.25, 0.3) is 0 Å². The molecule has 0 bridgehead atoms. The number of halogens is 1. The van der Waals surface area contributed by atoms with Crippen LogP contribution in [0.25, 0.3) is 0 Å². The van der Waals surface area contributed by atoms with Crippen LogP contribution in [0.1, 0.15) is 6.42 Å². The molecule has 0 aliphatic rings. The first-order valence-electron chi connectivity index (χ1n) is 4.68. The highest BCUT2D eigenvalue weighted by molar-refractivity contribution is 9.10. The van der Waals surface area contributed by atoms with Crippen molar-refractivity contribution in [2.75, 3.05) is 29.6 Å². The molecular formula is C10H15BrN2OS. The van der Waals surface area contributed by atoms with Crippen molar-refractivity contribution in [1.29, 1.82) is 0 Å². The van der Waals surface area contributed by atoms with Crippen molar-refractivity contribution in [1.82, 2.24) is 0 Å². The molecule has 84 valence electrons. The summed E-state index contributed by atoms with van der Waals surface area (Å²) in [7, 11) is -0.714. The predicted octanol–water partition coefficient (Wildman–Crippen LogP) is 2.21. The number of hydrogen-bond acceptors (Lipinski definition) is 3. The van der Waals surface area contributed by atoms with Crippen LogP contribution >= 0.6 is 15.9 Å². The van der Waals surface area contributed by atoms with Crippen molar-refractivity contribution >= 4 is 38.1 Å². The number of hydrogen-bond donors (Lipinski definition) is 2. The van der Waals surface area contributed by atoms with E-state index >= 15 is 0 Å². The van der Waals surface area contributed by atoms with E-state index in [1.807, 2.05) is 18.2 Å².